The molecule has 0 unspecified atom stereocenters. The zero-order chi connectivity index (χ0) is 14.9. The summed E-state index contributed by atoms with van der Waals surface area (Å²) in [5.41, 5.74) is 3.72. The first-order valence-electron chi connectivity index (χ1n) is 7.62. The highest BCUT2D eigenvalue weighted by Gasteiger charge is 2.20. The Bertz CT molecular complexity index is 790. The zero-order valence-electron chi connectivity index (χ0n) is 12.2. The monoisotopic (exact) mass is 294 g/mol. The van der Waals surface area contributed by atoms with Crippen molar-refractivity contribution in [1.82, 2.24) is 14.6 Å². The fourth-order valence-electron chi connectivity index (χ4n) is 2.52. The number of aliphatic hydroxyl groups excluding tert-OH is 1. The van der Waals surface area contributed by atoms with E-state index in [9.17, 15) is 0 Å². The highest BCUT2D eigenvalue weighted by atomic mass is 16.3. The number of aromatic nitrogens is 3. The first-order chi connectivity index (χ1) is 10.8. The topological polar surface area (TPSA) is 62.5 Å². The normalized spacial score (nSPS) is 14.4. The fourth-order valence-corrected chi connectivity index (χ4v) is 2.52. The molecule has 4 rings (SSSR count). The third-order valence-corrected chi connectivity index (χ3v) is 4.06. The average Bonchev–Trinajstić information content (AvgIpc) is 3.31. The Morgan fingerprint density at radius 1 is 1.14 bits per heavy atom. The van der Waals surface area contributed by atoms with E-state index in [2.05, 4.69) is 15.4 Å². The van der Waals surface area contributed by atoms with Gasteiger partial charge in [-0.25, -0.2) is 9.50 Å². The summed E-state index contributed by atoms with van der Waals surface area (Å²) in [6.45, 7) is 1.05. The number of nitrogens with one attached hydrogen (secondary N) is 1. The Kier molecular flexibility index (Phi) is 3.27. The van der Waals surface area contributed by atoms with Crippen molar-refractivity contribution in [3.05, 3.63) is 48.2 Å². The number of aliphatic hydroxyl groups is 1. The van der Waals surface area contributed by atoms with E-state index in [-0.39, 0.29) is 6.61 Å². The molecule has 5 heteroatoms. The van der Waals surface area contributed by atoms with E-state index in [0.717, 1.165) is 40.7 Å². The van der Waals surface area contributed by atoms with Gasteiger partial charge in [0.05, 0.1) is 18.5 Å². The predicted molar refractivity (Wildman–Crippen MR) is 85.6 cm³/mol. The number of hydrogen-bond acceptors (Lipinski definition) is 4. The first kappa shape index (κ1) is 13.3. The summed E-state index contributed by atoms with van der Waals surface area (Å²) in [6, 6.07) is 11.8. The van der Waals surface area contributed by atoms with Crippen molar-refractivity contribution in [2.24, 2.45) is 5.92 Å². The quantitative estimate of drug-likeness (QED) is 0.759. The average molecular weight is 294 g/mol. The van der Waals surface area contributed by atoms with Gasteiger partial charge in [-0.1, -0.05) is 24.3 Å². The van der Waals surface area contributed by atoms with Crippen LogP contribution in [0.25, 0.3) is 16.9 Å². The van der Waals surface area contributed by atoms with E-state index in [1.54, 1.807) is 0 Å². The third-order valence-electron chi connectivity index (χ3n) is 4.06. The maximum atomic E-state index is 9.14. The Labute approximate surface area is 128 Å². The number of hydrogen-bond donors (Lipinski definition) is 2. The Balaban J connectivity index is 1.67. The van der Waals surface area contributed by atoms with Crippen LogP contribution in [0.15, 0.2) is 42.6 Å². The maximum Gasteiger partial charge on any atom is 0.154 e. The highest BCUT2D eigenvalue weighted by Crippen LogP contribution is 2.29. The molecule has 1 aliphatic rings. The standard InChI is InChI=1S/C17H18N4O/c22-11-13-3-5-14(6-4-13)15-10-19-17-8-7-16(20-21(15)17)18-9-12-1-2-12/h3-8,10,12,22H,1-2,9,11H2,(H,18,20). The molecule has 5 nitrogen and oxygen atoms in total. The molecule has 2 aromatic heterocycles. The van der Waals surface area contributed by atoms with Crippen LogP contribution in [-0.2, 0) is 6.61 Å². The van der Waals surface area contributed by atoms with Gasteiger partial charge in [0, 0.05) is 12.1 Å². The minimum Gasteiger partial charge on any atom is -0.392 e. The summed E-state index contributed by atoms with van der Waals surface area (Å²) in [5.74, 6) is 1.69. The second kappa shape index (κ2) is 5.42. The van der Waals surface area contributed by atoms with Crippen molar-refractivity contribution in [2.45, 2.75) is 19.4 Å². The van der Waals surface area contributed by atoms with Gasteiger partial charge in [0.1, 0.15) is 5.82 Å². The largest absolute Gasteiger partial charge is 0.392 e. The number of imidazole rings is 1. The van der Waals surface area contributed by atoms with Crippen LogP contribution in [0.3, 0.4) is 0 Å². The number of benzene rings is 1. The first-order valence-corrected chi connectivity index (χ1v) is 7.62. The van der Waals surface area contributed by atoms with Gasteiger partial charge in [-0.15, -0.1) is 5.10 Å². The van der Waals surface area contributed by atoms with Crippen molar-refractivity contribution in [1.29, 1.82) is 0 Å². The van der Waals surface area contributed by atoms with Gasteiger partial charge >= 0.3 is 0 Å². The van der Waals surface area contributed by atoms with Crippen molar-refractivity contribution in [2.75, 3.05) is 11.9 Å². The number of rotatable bonds is 5. The third kappa shape index (κ3) is 2.55. The second-order valence-electron chi connectivity index (χ2n) is 5.81. The highest BCUT2D eigenvalue weighted by molar-refractivity contribution is 5.63. The van der Waals surface area contributed by atoms with Gasteiger partial charge < -0.3 is 10.4 Å². The van der Waals surface area contributed by atoms with Gasteiger partial charge in [-0.3, -0.25) is 0 Å². The molecular weight excluding hydrogens is 276 g/mol. The van der Waals surface area contributed by atoms with E-state index in [1.165, 1.54) is 12.8 Å². The van der Waals surface area contributed by atoms with Crippen LogP contribution in [0, 0.1) is 5.92 Å². The summed E-state index contributed by atoms with van der Waals surface area (Å²) in [4.78, 5) is 4.41. The molecule has 1 saturated carbocycles. The van der Waals surface area contributed by atoms with Crippen LogP contribution in [0.1, 0.15) is 18.4 Å². The van der Waals surface area contributed by atoms with Crippen LogP contribution in [-0.4, -0.2) is 26.2 Å². The molecule has 3 aromatic rings. The SMILES string of the molecule is OCc1ccc(-c2cnc3ccc(NCC4CC4)nn23)cc1. The molecule has 1 fully saturated rings. The molecule has 1 aliphatic carbocycles. The lowest BCUT2D eigenvalue weighted by Gasteiger charge is -2.06. The lowest BCUT2D eigenvalue weighted by molar-refractivity contribution is 0.282. The van der Waals surface area contributed by atoms with E-state index in [1.807, 2.05) is 47.1 Å². The number of nitrogens with zero attached hydrogens (tertiary/aromatic N) is 3. The van der Waals surface area contributed by atoms with Crippen molar-refractivity contribution in [3.8, 4) is 11.3 Å². The fraction of sp³-hybridized carbons (Fsp3) is 0.294. The molecule has 22 heavy (non-hydrogen) atoms. The smallest absolute Gasteiger partial charge is 0.154 e. The van der Waals surface area contributed by atoms with Gasteiger partial charge in [0.15, 0.2) is 5.65 Å². The summed E-state index contributed by atoms with van der Waals surface area (Å²) in [7, 11) is 0. The summed E-state index contributed by atoms with van der Waals surface area (Å²) in [6.07, 6.45) is 4.48. The number of anilines is 1. The molecule has 112 valence electrons. The Hall–Kier alpha value is -2.40. The summed E-state index contributed by atoms with van der Waals surface area (Å²) >= 11 is 0. The molecule has 0 amide bonds. The van der Waals surface area contributed by atoms with Crippen LogP contribution in [0.4, 0.5) is 5.82 Å². The lowest BCUT2D eigenvalue weighted by atomic mass is 10.1. The molecule has 2 N–H and O–H groups in total. The minimum absolute atomic E-state index is 0.0565. The molecule has 0 radical (unpaired) electrons. The van der Waals surface area contributed by atoms with E-state index in [0.29, 0.717) is 0 Å². The molecule has 0 bridgehead atoms. The van der Waals surface area contributed by atoms with Crippen LogP contribution < -0.4 is 5.32 Å². The van der Waals surface area contributed by atoms with Gasteiger partial charge in [-0.05, 0) is 36.5 Å². The van der Waals surface area contributed by atoms with E-state index < -0.39 is 0 Å². The van der Waals surface area contributed by atoms with Gasteiger partial charge in [0.2, 0.25) is 0 Å². The van der Waals surface area contributed by atoms with Gasteiger partial charge in [0.25, 0.3) is 0 Å². The molecule has 0 spiro atoms. The Morgan fingerprint density at radius 2 is 1.95 bits per heavy atom. The van der Waals surface area contributed by atoms with E-state index in [4.69, 9.17) is 5.11 Å². The Morgan fingerprint density at radius 3 is 2.68 bits per heavy atom. The lowest BCUT2D eigenvalue weighted by Crippen LogP contribution is -2.07. The maximum absolute atomic E-state index is 9.14. The van der Waals surface area contributed by atoms with Crippen molar-refractivity contribution in [3.63, 3.8) is 0 Å². The molecular formula is C17H18N4O. The molecule has 0 aliphatic heterocycles. The minimum atomic E-state index is 0.0565. The van der Waals surface area contributed by atoms with Crippen molar-refractivity contribution >= 4 is 11.5 Å². The van der Waals surface area contributed by atoms with Crippen LogP contribution in [0.5, 0.6) is 0 Å². The zero-order valence-corrected chi connectivity index (χ0v) is 12.2. The van der Waals surface area contributed by atoms with E-state index >= 15 is 0 Å². The predicted octanol–water partition coefficient (Wildman–Crippen LogP) is 2.71. The number of fused-ring (bicyclic) bond motifs is 1. The van der Waals surface area contributed by atoms with Crippen molar-refractivity contribution < 1.29 is 5.11 Å². The van der Waals surface area contributed by atoms with Gasteiger partial charge in [-0.2, -0.15) is 0 Å². The molecule has 0 atom stereocenters. The molecule has 0 saturated heterocycles. The summed E-state index contributed by atoms with van der Waals surface area (Å²) in [5, 5.41) is 17.2. The molecule has 2 heterocycles. The van der Waals surface area contributed by atoms with Crippen LogP contribution >= 0.6 is 0 Å². The molecule has 1 aromatic carbocycles. The van der Waals surface area contributed by atoms with Crippen LogP contribution in [0.2, 0.25) is 0 Å². The summed E-state index contributed by atoms with van der Waals surface area (Å²) < 4.78 is 1.86. The second-order valence-corrected chi connectivity index (χ2v) is 5.81.